The van der Waals surface area contributed by atoms with Gasteiger partial charge in [-0.1, -0.05) is 13.8 Å². The molecule has 0 N–H and O–H groups in total. The van der Waals surface area contributed by atoms with E-state index in [9.17, 15) is 14.4 Å². The quantitative estimate of drug-likeness (QED) is 0.509. The maximum atomic E-state index is 12.5. The van der Waals surface area contributed by atoms with Gasteiger partial charge in [0, 0.05) is 18.1 Å². The lowest BCUT2D eigenvalue weighted by molar-refractivity contribution is -0.120. The predicted octanol–water partition coefficient (Wildman–Crippen LogP) is 2.75. The number of rotatable bonds is 7. The molecule has 3 rings (SSSR count). The maximum absolute atomic E-state index is 12.5. The van der Waals surface area contributed by atoms with Crippen LogP contribution in [0.4, 0.5) is 5.69 Å². The van der Waals surface area contributed by atoms with Crippen LogP contribution in [-0.2, 0) is 14.3 Å². The van der Waals surface area contributed by atoms with E-state index in [2.05, 4.69) is 18.7 Å². The summed E-state index contributed by atoms with van der Waals surface area (Å²) in [4.78, 5) is 41.7. The van der Waals surface area contributed by atoms with Gasteiger partial charge in [-0.05, 0) is 37.4 Å². The molecule has 0 atom stereocenters. The number of nitrogens with zero attached hydrogens (tertiary/aromatic N) is 2. The van der Waals surface area contributed by atoms with E-state index in [1.54, 1.807) is 24.3 Å². The van der Waals surface area contributed by atoms with Crippen molar-refractivity contribution < 1.29 is 19.1 Å². The first kappa shape index (κ1) is 20.0. The van der Waals surface area contributed by atoms with Gasteiger partial charge in [0.2, 0.25) is 0 Å². The molecule has 6 nitrogen and oxygen atoms in total. The molecule has 0 fully saturated rings. The molecule has 0 aliphatic carbocycles. The summed E-state index contributed by atoms with van der Waals surface area (Å²) in [5, 5.41) is 0. The van der Waals surface area contributed by atoms with E-state index in [-0.39, 0.29) is 11.8 Å². The highest BCUT2D eigenvalue weighted by atomic mass is 32.2. The van der Waals surface area contributed by atoms with Crippen molar-refractivity contribution in [2.24, 2.45) is 0 Å². The molecule has 2 aliphatic heterocycles. The largest absolute Gasteiger partial charge is 0.461 e. The van der Waals surface area contributed by atoms with Crippen molar-refractivity contribution in [3.05, 3.63) is 39.6 Å². The van der Waals surface area contributed by atoms with Crippen molar-refractivity contribution in [1.82, 2.24) is 4.90 Å². The van der Waals surface area contributed by atoms with E-state index in [4.69, 9.17) is 4.74 Å². The number of esters is 1. The van der Waals surface area contributed by atoms with Crippen molar-refractivity contribution >= 4 is 47.0 Å². The molecular formula is C19H22N2O4S2. The SMILES string of the molecule is CCN(CC)CCOC(=O)c1ccc(N2C(=O)C3=C(SCCS3)C2=O)cc1. The number of hydrogen-bond acceptors (Lipinski definition) is 7. The topological polar surface area (TPSA) is 66.9 Å². The zero-order valence-corrected chi connectivity index (χ0v) is 17.0. The molecule has 27 heavy (non-hydrogen) atoms. The Hall–Kier alpha value is -1.77. The van der Waals surface area contributed by atoms with Crippen LogP contribution < -0.4 is 4.90 Å². The van der Waals surface area contributed by atoms with E-state index in [1.807, 2.05) is 0 Å². The summed E-state index contributed by atoms with van der Waals surface area (Å²) in [6.45, 7) is 6.98. The standard InChI is InChI=1S/C19H22N2O4S2/c1-3-20(4-2)9-10-25-19(24)13-5-7-14(8-6-13)21-17(22)15-16(18(21)23)27-12-11-26-15/h5-8H,3-4,9-12H2,1-2H3. The van der Waals surface area contributed by atoms with Crippen LogP contribution >= 0.6 is 23.5 Å². The van der Waals surface area contributed by atoms with E-state index in [0.29, 0.717) is 34.2 Å². The van der Waals surface area contributed by atoms with Crippen LogP contribution in [0.3, 0.4) is 0 Å². The van der Waals surface area contributed by atoms with E-state index in [1.165, 1.54) is 28.4 Å². The number of carbonyl (C=O) groups excluding carboxylic acids is 3. The lowest BCUT2D eigenvalue weighted by atomic mass is 10.2. The molecule has 1 aromatic carbocycles. The molecule has 0 aromatic heterocycles. The van der Waals surface area contributed by atoms with E-state index >= 15 is 0 Å². The molecule has 0 unspecified atom stereocenters. The molecule has 1 aromatic rings. The second kappa shape index (κ2) is 8.95. The summed E-state index contributed by atoms with van der Waals surface area (Å²) in [5.74, 6) is 0.698. The summed E-state index contributed by atoms with van der Waals surface area (Å²) in [7, 11) is 0. The van der Waals surface area contributed by atoms with Crippen LogP contribution in [0.1, 0.15) is 24.2 Å². The van der Waals surface area contributed by atoms with Crippen LogP contribution in [0.15, 0.2) is 34.1 Å². The molecule has 0 saturated carbocycles. The number of ether oxygens (including phenoxy) is 1. The van der Waals surface area contributed by atoms with Crippen molar-refractivity contribution in [2.75, 3.05) is 42.6 Å². The lowest BCUT2D eigenvalue weighted by Crippen LogP contribution is -2.31. The third kappa shape index (κ3) is 4.23. The summed E-state index contributed by atoms with van der Waals surface area (Å²) >= 11 is 2.87. The monoisotopic (exact) mass is 406 g/mol. The fourth-order valence-corrected chi connectivity index (χ4v) is 5.20. The van der Waals surface area contributed by atoms with Gasteiger partial charge in [0.05, 0.1) is 21.1 Å². The van der Waals surface area contributed by atoms with Gasteiger partial charge in [-0.15, -0.1) is 23.5 Å². The smallest absolute Gasteiger partial charge is 0.338 e. The van der Waals surface area contributed by atoms with Crippen molar-refractivity contribution in [1.29, 1.82) is 0 Å². The number of hydrogen-bond donors (Lipinski definition) is 0. The molecular weight excluding hydrogens is 384 g/mol. The summed E-state index contributed by atoms with van der Waals surface area (Å²) in [5.41, 5.74) is 0.874. The minimum Gasteiger partial charge on any atom is -0.461 e. The molecule has 2 heterocycles. The lowest BCUT2D eigenvalue weighted by Gasteiger charge is -2.17. The number of imide groups is 1. The van der Waals surface area contributed by atoms with E-state index < -0.39 is 5.97 Å². The second-order valence-corrected chi connectivity index (χ2v) is 8.22. The van der Waals surface area contributed by atoms with Crippen LogP contribution in [-0.4, -0.2) is 60.4 Å². The fraction of sp³-hybridized carbons (Fsp3) is 0.421. The number of thioether (sulfide) groups is 2. The molecule has 2 aliphatic rings. The van der Waals surface area contributed by atoms with Gasteiger partial charge in [0.1, 0.15) is 6.61 Å². The average Bonchev–Trinajstić information content (AvgIpc) is 2.96. The number of carbonyl (C=O) groups is 3. The first-order chi connectivity index (χ1) is 13.1. The Kier molecular flexibility index (Phi) is 6.62. The minimum absolute atomic E-state index is 0.276. The molecule has 0 bridgehead atoms. The Morgan fingerprint density at radius 3 is 2.11 bits per heavy atom. The van der Waals surface area contributed by atoms with Gasteiger partial charge < -0.3 is 9.64 Å². The van der Waals surface area contributed by atoms with Gasteiger partial charge >= 0.3 is 5.97 Å². The zero-order chi connectivity index (χ0) is 19.4. The first-order valence-electron chi connectivity index (χ1n) is 8.95. The van der Waals surface area contributed by atoms with Crippen LogP contribution in [0.2, 0.25) is 0 Å². The summed E-state index contributed by atoms with van der Waals surface area (Å²) in [6, 6.07) is 6.41. The molecule has 144 valence electrons. The molecule has 2 amide bonds. The van der Waals surface area contributed by atoms with Gasteiger partial charge in [0.15, 0.2) is 0 Å². The first-order valence-corrected chi connectivity index (χ1v) is 10.9. The highest BCUT2D eigenvalue weighted by Gasteiger charge is 2.41. The summed E-state index contributed by atoms with van der Waals surface area (Å²) in [6.07, 6.45) is 0. The Bertz CT molecular complexity index is 744. The van der Waals surface area contributed by atoms with Crippen molar-refractivity contribution in [2.45, 2.75) is 13.8 Å². The van der Waals surface area contributed by atoms with Gasteiger partial charge in [-0.2, -0.15) is 0 Å². The third-order valence-electron chi connectivity index (χ3n) is 4.47. The number of anilines is 1. The van der Waals surface area contributed by atoms with Crippen LogP contribution in [0.25, 0.3) is 0 Å². The van der Waals surface area contributed by atoms with Crippen LogP contribution in [0.5, 0.6) is 0 Å². The molecule has 0 radical (unpaired) electrons. The van der Waals surface area contributed by atoms with Gasteiger partial charge in [0.25, 0.3) is 11.8 Å². The number of benzene rings is 1. The summed E-state index contributed by atoms with van der Waals surface area (Å²) < 4.78 is 5.30. The fourth-order valence-electron chi connectivity index (χ4n) is 2.90. The normalized spacial score (nSPS) is 16.9. The Morgan fingerprint density at radius 1 is 1.04 bits per heavy atom. The molecule has 0 spiro atoms. The zero-order valence-electron chi connectivity index (χ0n) is 15.4. The highest BCUT2D eigenvalue weighted by Crippen LogP contribution is 2.42. The van der Waals surface area contributed by atoms with Crippen molar-refractivity contribution in [3.8, 4) is 0 Å². The van der Waals surface area contributed by atoms with Crippen LogP contribution in [0, 0.1) is 0 Å². The number of amides is 2. The van der Waals surface area contributed by atoms with E-state index in [0.717, 1.165) is 24.6 Å². The second-order valence-electron chi connectivity index (χ2n) is 6.01. The molecule has 8 heteroatoms. The molecule has 0 saturated heterocycles. The average molecular weight is 407 g/mol. The minimum atomic E-state index is -0.406. The van der Waals surface area contributed by atoms with Crippen molar-refractivity contribution in [3.63, 3.8) is 0 Å². The Balaban J connectivity index is 1.63. The third-order valence-corrected chi connectivity index (χ3v) is 7.01. The Labute approximate surface area is 167 Å². The Morgan fingerprint density at radius 2 is 1.59 bits per heavy atom. The number of likely N-dealkylation sites (N-methyl/N-ethyl adjacent to an activating group) is 1. The van der Waals surface area contributed by atoms with Gasteiger partial charge in [-0.25, -0.2) is 9.69 Å². The highest BCUT2D eigenvalue weighted by molar-refractivity contribution is 8.11. The predicted molar refractivity (Wildman–Crippen MR) is 109 cm³/mol. The maximum Gasteiger partial charge on any atom is 0.338 e. The van der Waals surface area contributed by atoms with Gasteiger partial charge in [-0.3, -0.25) is 9.59 Å².